The van der Waals surface area contributed by atoms with Gasteiger partial charge in [0.1, 0.15) is 18.1 Å². The van der Waals surface area contributed by atoms with Gasteiger partial charge in [0.15, 0.2) is 17.5 Å². The molecule has 28 heavy (non-hydrogen) atoms. The average Bonchev–Trinajstić information content (AvgIpc) is 3.29. The van der Waals surface area contributed by atoms with Crippen molar-refractivity contribution >= 4 is 29.9 Å². The second-order valence-electron chi connectivity index (χ2n) is 7.08. The number of rotatable bonds is 6. The van der Waals surface area contributed by atoms with E-state index in [1.807, 2.05) is 18.2 Å². The first-order valence-electron chi connectivity index (χ1n) is 8.88. The predicted molar refractivity (Wildman–Crippen MR) is 117 cm³/mol. The van der Waals surface area contributed by atoms with Crippen molar-refractivity contribution in [2.75, 3.05) is 27.0 Å². The molecule has 0 aliphatic carbocycles. The third-order valence-electron chi connectivity index (χ3n) is 3.93. The Bertz CT molecular complexity index is 801. The van der Waals surface area contributed by atoms with Crippen LogP contribution in [0.1, 0.15) is 32.4 Å². The van der Waals surface area contributed by atoms with E-state index in [0.717, 1.165) is 17.3 Å². The predicted octanol–water partition coefficient (Wildman–Crippen LogP) is 3.06. The van der Waals surface area contributed by atoms with Gasteiger partial charge in [-0.15, -0.1) is 24.0 Å². The van der Waals surface area contributed by atoms with Crippen molar-refractivity contribution in [1.29, 1.82) is 0 Å². The molecule has 154 valence electrons. The molecule has 8 nitrogen and oxygen atoms in total. The van der Waals surface area contributed by atoms with Gasteiger partial charge in [0, 0.05) is 18.5 Å². The Balaban J connectivity index is 0.00000280. The molecule has 0 atom stereocenters. The Hall–Kier alpha value is -2.17. The minimum Gasteiger partial charge on any atom is -0.492 e. The number of hydrogen-bond donors (Lipinski definition) is 2. The van der Waals surface area contributed by atoms with Gasteiger partial charge in [0.05, 0.1) is 19.3 Å². The van der Waals surface area contributed by atoms with Gasteiger partial charge in [-0.2, -0.15) is 0 Å². The Kier molecular flexibility index (Phi) is 7.78. The molecule has 1 aliphatic heterocycles. The SMILES string of the molecule is CN=C(NCCOc1ccc2c(c1)OCO2)NCc1ncc(C(C)(C)C)o1.I. The van der Waals surface area contributed by atoms with Crippen molar-refractivity contribution < 1.29 is 18.6 Å². The molecule has 1 aliphatic rings. The molecule has 3 rings (SSSR count). The van der Waals surface area contributed by atoms with Crippen molar-refractivity contribution in [3.05, 3.63) is 36.0 Å². The van der Waals surface area contributed by atoms with Crippen LogP contribution in [0.3, 0.4) is 0 Å². The van der Waals surface area contributed by atoms with Crippen LogP contribution in [0.5, 0.6) is 17.2 Å². The summed E-state index contributed by atoms with van der Waals surface area (Å²) in [5, 5.41) is 6.36. The summed E-state index contributed by atoms with van der Waals surface area (Å²) >= 11 is 0. The van der Waals surface area contributed by atoms with Crippen molar-refractivity contribution in [3.8, 4) is 17.2 Å². The number of guanidine groups is 1. The highest BCUT2D eigenvalue weighted by atomic mass is 127. The maximum atomic E-state index is 5.76. The fourth-order valence-corrected chi connectivity index (χ4v) is 2.42. The van der Waals surface area contributed by atoms with Gasteiger partial charge in [-0.3, -0.25) is 4.99 Å². The normalized spacial score (nSPS) is 13.1. The van der Waals surface area contributed by atoms with Crippen LogP contribution in [0.2, 0.25) is 0 Å². The lowest BCUT2D eigenvalue weighted by Crippen LogP contribution is -2.38. The van der Waals surface area contributed by atoms with Crippen molar-refractivity contribution in [1.82, 2.24) is 15.6 Å². The molecular formula is C19H27IN4O4. The van der Waals surface area contributed by atoms with E-state index in [-0.39, 0.29) is 36.2 Å². The second kappa shape index (κ2) is 9.85. The van der Waals surface area contributed by atoms with Gasteiger partial charge in [-0.1, -0.05) is 20.8 Å². The number of fused-ring (bicyclic) bond motifs is 1. The minimum absolute atomic E-state index is 0. The smallest absolute Gasteiger partial charge is 0.231 e. The lowest BCUT2D eigenvalue weighted by Gasteiger charge is -2.13. The monoisotopic (exact) mass is 502 g/mol. The molecule has 0 spiro atoms. The summed E-state index contributed by atoms with van der Waals surface area (Å²) < 4.78 is 22.1. The van der Waals surface area contributed by atoms with E-state index in [1.54, 1.807) is 13.2 Å². The van der Waals surface area contributed by atoms with Crippen molar-refractivity contribution in [2.45, 2.75) is 32.7 Å². The average molecular weight is 502 g/mol. The number of benzene rings is 1. The first-order chi connectivity index (χ1) is 13.0. The van der Waals surface area contributed by atoms with E-state index in [1.165, 1.54) is 0 Å². The molecule has 0 saturated carbocycles. The van der Waals surface area contributed by atoms with Crippen LogP contribution < -0.4 is 24.8 Å². The van der Waals surface area contributed by atoms with Crippen LogP contribution in [-0.2, 0) is 12.0 Å². The van der Waals surface area contributed by atoms with E-state index >= 15 is 0 Å². The summed E-state index contributed by atoms with van der Waals surface area (Å²) in [6.07, 6.45) is 1.77. The Morgan fingerprint density at radius 2 is 2.00 bits per heavy atom. The number of aromatic nitrogens is 1. The van der Waals surface area contributed by atoms with Crippen molar-refractivity contribution in [2.24, 2.45) is 4.99 Å². The number of aliphatic imine (C=N–C) groups is 1. The number of nitrogens with zero attached hydrogens (tertiary/aromatic N) is 2. The van der Waals surface area contributed by atoms with Crippen LogP contribution in [0.4, 0.5) is 0 Å². The lowest BCUT2D eigenvalue weighted by atomic mass is 9.94. The quantitative estimate of drug-likeness (QED) is 0.272. The Morgan fingerprint density at radius 3 is 2.71 bits per heavy atom. The number of oxazole rings is 1. The maximum Gasteiger partial charge on any atom is 0.231 e. The summed E-state index contributed by atoms with van der Waals surface area (Å²) in [5.41, 5.74) is -0.0583. The van der Waals surface area contributed by atoms with Crippen LogP contribution in [0.15, 0.2) is 33.8 Å². The molecule has 0 unspecified atom stereocenters. The highest BCUT2D eigenvalue weighted by Gasteiger charge is 2.19. The van der Waals surface area contributed by atoms with Crippen LogP contribution in [-0.4, -0.2) is 37.9 Å². The minimum atomic E-state index is -0.0583. The van der Waals surface area contributed by atoms with Gasteiger partial charge < -0.3 is 29.3 Å². The molecule has 0 amide bonds. The van der Waals surface area contributed by atoms with Crippen molar-refractivity contribution in [3.63, 3.8) is 0 Å². The summed E-state index contributed by atoms with van der Waals surface area (Å²) in [6.45, 7) is 8.05. The first-order valence-corrected chi connectivity index (χ1v) is 8.88. The van der Waals surface area contributed by atoms with E-state index in [0.29, 0.717) is 37.3 Å². The van der Waals surface area contributed by atoms with Gasteiger partial charge in [0.25, 0.3) is 0 Å². The fourth-order valence-electron chi connectivity index (χ4n) is 2.42. The van der Waals surface area contributed by atoms with Crippen LogP contribution in [0, 0.1) is 0 Å². The van der Waals surface area contributed by atoms with E-state index in [9.17, 15) is 0 Å². The summed E-state index contributed by atoms with van der Waals surface area (Å²) in [6, 6.07) is 5.52. The lowest BCUT2D eigenvalue weighted by molar-refractivity contribution is 0.173. The van der Waals surface area contributed by atoms with E-state index < -0.39 is 0 Å². The molecule has 0 radical (unpaired) electrons. The molecule has 1 aromatic carbocycles. The van der Waals surface area contributed by atoms with Gasteiger partial charge in [-0.05, 0) is 12.1 Å². The van der Waals surface area contributed by atoms with Gasteiger partial charge in [0.2, 0.25) is 12.7 Å². The first kappa shape index (κ1) is 22.1. The third-order valence-corrected chi connectivity index (χ3v) is 3.93. The summed E-state index contributed by atoms with van der Waals surface area (Å²) in [5.74, 6) is 4.32. The standard InChI is InChI=1S/C19H26N4O4.HI/c1-19(2,3)16-10-22-17(27-16)11-23-18(20-4)21-7-8-24-13-5-6-14-15(9-13)26-12-25-14;/h5-6,9-10H,7-8,11-12H2,1-4H3,(H2,20,21,23);1H. The Labute approximate surface area is 182 Å². The molecule has 2 heterocycles. The number of ether oxygens (including phenoxy) is 3. The van der Waals surface area contributed by atoms with Crippen LogP contribution >= 0.6 is 24.0 Å². The van der Waals surface area contributed by atoms with Crippen LogP contribution in [0.25, 0.3) is 0 Å². The fraction of sp³-hybridized carbons (Fsp3) is 0.474. The number of halogens is 1. The summed E-state index contributed by atoms with van der Waals surface area (Å²) in [4.78, 5) is 8.48. The second-order valence-corrected chi connectivity index (χ2v) is 7.08. The molecular weight excluding hydrogens is 475 g/mol. The van der Waals surface area contributed by atoms with Gasteiger partial charge >= 0.3 is 0 Å². The zero-order valence-corrected chi connectivity index (χ0v) is 18.9. The molecule has 2 N–H and O–H groups in total. The molecule has 9 heteroatoms. The highest BCUT2D eigenvalue weighted by Crippen LogP contribution is 2.34. The topological polar surface area (TPSA) is 90.1 Å². The van der Waals surface area contributed by atoms with E-state index in [2.05, 4.69) is 41.4 Å². The molecule has 2 aromatic rings. The number of hydrogen-bond acceptors (Lipinski definition) is 6. The largest absolute Gasteiger partial charge is 0.492 e. The maximum absolute atomic E-state index is 5.76. The summed E-state index contributed by atoms with van der Waals surface area (Å²) in [7, 11) is 1.71. The Morgan fingerprint density at radius 1 is 1.21 bits per heavy atom. The zero-order chi connectivity index (χ0) is 19.3. The molecule has 0 saturated heterocycles. The zero-order valence-electron chi connectivity index (χ0n) is 16.6. The molecule has 0 fully saturated rings. The molecule has 0 bridgehead atoms. The highest BCUT2D eigenvalue weighted by molar-refractivity contribution is 14.0. The van der Waals surface area contributed by atoms with Gasteiger partial charge in [-0.25, -0.2) is 4.98 Å². The van der Waals surface area contributed by atoms with E-state index in [4.69, 9.17) is 18.6 Å². The number of nitrogens with one attached hydrogen (secondary N) is 2. The molecule has 1 aromatic heterocycles. The third kappa shape index (κ3) is 5.91.